The minimum Gasteiger partial charge on any atom is -0.497 e. The van der Waals surface area contributed by atoms with Gasteiger partial charge in [-0.1, -0.05) is 39.3 Å². The second-order valence-corrected chi connectivity index (χ2v) is 5.14. The van der Waals surface area contributed by atoms with Gasteiger partial charge >= 0.3 is 0 Å². The van der Waals surface area contributed by atoms with Gasteiger partial charge < -0.3 is 9.26 Å². The molecular formula is C16H12BrNO2. The highest BCUT2D eigenvalue weighted by molar-refractivity contribution is 9.10. The van der Waals surface area contributed by atoms with Crippen LogP contribution in [-0.4, -0.2) is 12.3 Å². The second kappa shape index (κ2) is 5.51. The van der Waals surface area contributed by atoms with Gasteiger partial charge in [0.25, 0.3) is 0 Å². The minimum absolute atomic E-state index is 0.735. The molecule has 3 nitrogen and oxygen atoms in total. The molecule has 0 aliphatic carbocycles. The molecule has 3 aromatic rings. The summed E-state index contributed by atoms with van der Waals surface area (Å²) in [4.78, 5) is 0. The Bertz CT molecular complexity index is 719. The lowest BCUT2D eigenvalue weighted by molar-refractivity contribution is 0.414. The normalized spacial score (nSPS) is 10.5. The van der Waals surface area contributed by atoms with Gasteiger partial charge in [0.05, 0.1) is 7.11 Å². The van der Waals surface area contributed by atoms with Gasteiger partial charge in [-0.2, -0.15) is 0 Å². The summed E-state index contributed by atoms with van der Waals surface area (Å²) in [5.41, 5.74) is 2.79. The first-order valence-corrected chi connectivity index (χ1v) is 6.93. The van der Waals surface area contributed by atoms with E-state index in [9.17, 15) is 0 Å². The van der Waals surface area contributed by atoms with Crippen LogP contribution in [0.2, 0.25) is 0 Å². The third kappa shape index (κ3) is 2.47. The number of methoxy groups -OCH3 is 1. The highest BCUT2D eigenvalue weighted by Gasteiger charge is 2.10. The van der Waals surface area contributed by atoms with Crippen LogP contribution in [0.4, 0.5) is 0 Å². The lowest BCUT2D eigenvalue weighted by Crippen LogP contribution is -1.81. The van der Waals surface area contributed by atoms with Crippen LogP contribution in [0.15, 0.2) is 63.6 Å². The van der Waals surface area contributed by atoms with Gasteiger partial charge in [0.15, 0.2) is 5.76 Å². The maximum Gasteiger partial charge on any atom is 0.167 e. The topological polar surface area (TPSA) is 35.3 Å². The summed E-state index contributed by atoms with van der Waals surface area (Å²) in [7, 11) is 1.65. The van der Waals surface area contributed by atoms with Gasteiger partial charge in [-0.25, -0.2) is 0 Å². The number of aromatic nitrogens is 1. The zero-order chi connectivity index (χ0) is 13.9. The van der Waals surface area contributed by atoms with E-state index in [2.05, 4.69) is 21.1 Å². The van der Waals surface area contributed by atoms with E-state index in [4.69, 9.17) is 9.26 Å². The molecule has 0 N–H and O–H groups in total. The molecule has 0 saturated heterocycles. The van der Waals surface area contributed by atoms with Crippen molar-refractivity contribution >= 4 is 15.9 Å². The number of benzene rings is 2. The van der Waals surface area contributed by atoms with Crippen molar-refractivity contribution in [3.63, 3.8) is 0 Å². The molecule has 0 amide bonds. The summed E-state index contributed by atoms with van der Waals surface area (Å²) in [5.74, 6) is 1.55. The average molecular weight is 330 g/mol. The summed E-state index contributed by atoms with van der Waals surface area (Å²) in [6.45, 7) is 0. The van der Waals surface area contributed by atoms with Crippen molar-refractivity contribution in [3.05, 3.63) is 59.1 Å². The fraction of sp³-hybridized carbons (Fsp3) is 0.0625. The first-order valence-electron chi connectivity index (χ1n) is 6.14. The molecule has 0 spiro atoms. The summed E-state index contributed by atoms with van der Waals surface area (Å²) < 4.78 is 11.6. The van der Waals surface area contributed by atoms with Crippen molar-refractivity contribution in [1.82, 2.24) is 5.16 Å². The van der Waals surface area contributed by atoms with Crippen molar-refractivity contribution in [2.75, 3.05) is 7.11 Å². The van der Waals surface area contributed by atoms with Gasteiger partial charge in [0, 0.05) is 21.7 Å². The molecule has 20 heavy (non-hydrogen) atoms. The summed E-state index contributed by atoms with van der Waals surface area (Å²) in [5, 5.41) is 4.13. The Kier molecular flexibility index (Phi) is 3.56. The van der Waals surface area contributed by atoms with E-state index in [1.54, 1.807) is 7.11 Å². The molecule has 1 aromatic heterocycles. The quantitative estimate of drug-likeness (QED) is 0.693. The zero-order valence-corrected chi connectivity index (χ0v) is 12.4. The Morgan fingerprint density at radius 2 is 1.80 bits per heavy atom. The predicted molar refractivity (Wildman–Crippen MR) is 81.6 cm³/mol. The highest BCUT2D eigenvalue weighted by Crippen LogP contribution is 2.31. The SMILES string of the molecule is COc1ccc(-c2cc(-c3ccccc3Br)no2)cc1. The van der Waals surface area contributed by atoms with Crippen molar-refractivity contribution in [2.45, 2.75) is 0 Å². The fourth-order valence-electron chi connectivity index (χ4n) is 1.96. The molecule has 0 bridgehead atoms. The number of rotatable bonds is 3. The molecule has 1 heterocycles. The summed E-state index contributed by atoms with van der Waals surface area (Å²) >= 11 is 3.52. The van der Waals surface area contributed by atoms with Gasteiger partial charge in [0.1, 0.15) is 11.4 Å². The van der Waals surface area contributed by atoms with Crippen LogP contribution in [0.3, 0.4) is 0 Å². The van der Waals surface area contributed by atoms with E-state index in [-0.39, 0.29) is 0 Å². The molecule has 0 aliphatic rings. The lowest BCUT2D eigenvalue weighted by Gasteiger charge is -1.99. The van der Waals surface area contributed by atoms with Crippen molar-refractivity contribution < 1.29 is 9.26 Å². The van der Waals surface area contributed by atoms with Crippen molar-refractivity contribution in [2.24, 2.45) is 0 Å². The molecule has 0 radical (unpaired) electrons. The fourth-order valence-corrected chi connectivity index (χ4v) is 2.45. The second-order valence-electron chi connectivity index (χ2n) is 4.28. The Balaban J connectivity index is 1.95. The minimum atomic E-state index is 0.735. The van der Waals surface area contributed by atoms with E-state index in [1.807, 2.05) is 54.6 Å². The van der Waals surface area contributed by atoms with E-state index in [0.717, 1.165) is 32.8 Å². The maximum absolute atomic E-state index is 5.42. The zero-order valence-electron chi connectivity index (χ0n) is 10.8. The summed E-state index contributed by atoms with van der Waals surface area (Å²) in [6.07, 6.45) is 0. The molecular weight excluding hydrogens is 318 g/mol. The monoisotopic (exact) mass is 329 g/mol. The van der Waals surface area contributed by atoms with E-state index in [0.29, 0.717) is 0 Å². The molecule has 0 atom stereocenters. The number of nitrogens with zero attached hydrogens (tertiary/aromatic N) is 1. The van der Waals surface area contributed by atoms with E-state index in [1.165, 1.54) is 0 Å². The van der Waals surface area contributed by atoms with Crippen molar-refractivity contribution in [1.29, 1.82) is 0 Å². The predicted octanol–water partition coefficient (Wildman–Crippen LogP) is 4.78. The number of halogens is 1. The standard InChI is InChI=1S/C16H12BrNO2/c1-19-12-8-6-11(7-9-12)16-10-15(18-20-16)13-4-2-3-5-14(13)17/h2-10H,1H3. The number of hydrogen-bond acceptors (Lipinski definition) is 3. The molecule has 0 aliphatic heterocycles. The third-order valence-electron chi connectivity index (χ3n) is 3.03. The average Bonchev–Trinajstić information content (AvgIpc) is 2.97. The Labute approximate surface area is 125 Å². The Morgan fingerprint density at radius 1 is 1.05 bits per heavy atom. The van der Waals surface area contributed by atoms with Crippen LogP contribution < -0.4 is 4.74 Å². The Morgan fingerprint density at radius 3 is 2.50 bits per heavy atom. The first-order chi connectivity index (χ1) is 9.78. The van der Waals surface area contributed by atoms with E-state index < -0.39 is 0 Å². The third-order valence-corrected chi connectivity index (χ3v) is 3.73. The van der Waals surface area contributed by atoms with Crippen LogP contribution in [0.25, 0.3) is 22.6 Å². The summed E-state index contributed by atoms with van der Waals surface area (Å²) in [6, 6.07) is 17.6. The number of ether oxygens (including phenoxy) is 1. The van der Waals surface area contributed by atoms with Crippen molar-refractivity contribution in [3.8, 4) is 28.3 Å². The first kappa shape index (κ1) is 12.9. The van der Waals surface area contributed by atoms with Crippen LogP contribution in [-0.2, 0) is 0 Å². The number of hydrogen-bond donors (Lipinski definition) is 0. The lowest BCUT2D eigenvalue weighted by atomic mass is 10.1. The van der Waals surface area contributed by atoms with Gasteiger partial charge in [-0.05, 0) is 30.3 Å². The van der Waals surface area contributed by atoms with E-state index >= 15 is 0 Å². The Hall–Kier alpha value is -2.07. The van der Waals surface area contributed by atoms with Crippen LogP contribution >= 0.6 is 15.9 Å². The molecule has 0 unspecified atom stereocenters. The molecule has 0 fully saturated rings. The smallest absolute Gasteiger partial charge is 0.167 e. The maximum atomic E-state index is 5.42. The molecule has 2 aromatic carbocycles. The molecule has 0 saturated carbocycles. The molecule has 3 rings (SSSR count). The highest BCUT2D eigenvalue weighted by atomic mass is 79.9. The van der Waals surface area contributed by atoms with Gasteiger partial charge in [-0.15, -0.1) is 0 Å². The van der Waals surface area contributed by atoms with Crippen LogP contribution in [0.5, 0.6) is 5.75 Å². The molecule has 100 valence electrons. The van der Waals surface area contributed by atoms with Gasteiger partial charge in [-0.3, -0.25) is 0 Å². The molecule has 4 heteroatoms. The largest absolute Gasteiger partial charge is 0.497 e. The van der Waals surface area contributed by atoms with Gasteiger partial charge in [0.2, 0.25) is 0 Å². The van der Waals surface area contributed by atoms with Crippen LogP contribution in [0, 0.1) is 0 Å². The van der Waals surface area contributed by atoms with Crippen LogP contribution in [0.1, 0.15) is 0 Å².